The molecule has 7 heteroatoms. The zero-order valence-electron chi connectivity index (χ0n) is 14.8. The number of rotatable bonds is 5. The van der Waals surface area contributed by atoms with Crippen LogP contribution < -0.4 is 0 Å². The third kappa shape index (κ3) is 3.83. The fraction of sp³-hybridized carbons (Fsp3) is 0.211. The van der Waals surface area contributed by atoms with E-state index in [-0.39, 0.29) is 16.5 Å². The van der Waals surface area contributed by atoms with Gasteiger partial charge in [0.25, 0.3) is 5.69 Å². The third-order valence-corrected chi connectivity index (χ3v) is 3.97. The van der Waals surface area contributed by atoms with Crippen LogP contribution in [0.1, 0.15) is 36.7 Å². The molecule has 1 aromatic carbocycles. The molecular weight excluding hydrogens is 330 g/mol. The highest BCUT2D eigenvalue weighted by molar-refractivity contribution is 5.69. The molecule has 0 N–H and O–H groups in total. The van der Waals surface area contributed by atoms with E-state index in [0.29, 0.717) is 5.82 Å². The minimum Gasteiger partial charge on any atom is -0.275 e. The maximum absolute atomic E-state index is 11.3. The average Bonchev–Trinajstić information content (AvgIpc) is 3.06. The van der Waals surface area contributed by atoms with Crippen molar-refractivity contribution in [2.24, 2.45) is 7.05 Å². The van der Waals surface area contributed by atoms with Crippen LogP contribution in [0.3, 0.4) is 0 Å². The van der Waals surface area contributed by atoms with Crippen molar-refractivity contribution in [2.45, 2.75) is 19.8 Å². The van der Waals surface area contributed by atoms with E-state index in [1.165, 1.54) is 0 Å². The number of nitrogens with zero attached hydrogens (tertiary/aromatic N) is 5. The number of hydrogen-bond acceptors (Lipinski definition) is 5. The Balaban J connectivity index is 1.88. The van der Waals surface area contributed by atoms with E-state index in [1.54, 1.807) is 41.4 Å². The van der Waals surface area contributed by atoms with Gasteiger partial charge in [0.15, 0.2) is 5.82 Å². The van der Waals surface area contributed by atoms with Crippen molar-refractivity contribution in [3.05, 3.63) is 69.9 Å². The van der Waals surface area contributed by atoms with Crippen molar-refractivity contribution >= 4 is 17.8 Å². The second-order valence-electron chi connectivity index (χ2n) is 6.27. The van der Waals surface area contributed by atoms with Gasteiger partial charge < -0.3 is 0 Å². The summed E-state index contributed by atoms with van der Waals surface area (Å²) in [6, 6.07) is 7.06. The van der Waals surface area contributed by atoms with Gasteiger partial charge >= 0.3 is 0 Å². The molecule has 0 amide bonds. The summed E-state index contributed by atoms with van der Waals surface area (Å²) in [5.41, 5.74) is 3.26. The number of benzene rings is 1. The first-order valence-corrected chi connectivity index (χ1v) is 8.22. The van der Waals surface area contributed by atoms with Gasteiger partial charge in [-0.2, -0.15) is 5.10 Å². The second kappa shape index (κ2) is 7.26. The molecule has 2 heterocycles. The highest BCUT2D eigenvalue weighted by Gasteiger charge is 2.16. The molecule has 0 atom stereocenters. The standard InChI is InChI=1S/C19H19N5O2/c1-13(2)16-6-4-14(10-18(16)24(25)26)5-7-19-20-9-8-17(22-19)15-11-21-23(3)12-15/h4-13H,1-3H3/b7-5+. The quantitative estimate of drug-likeness (QED) is 0.512. The summed E-state index contributed by atoms with van der Waals surface area (Å²) < 4.78 is 1.71. The van der Waals surface area contributed by atoms with Crippen LogP contribution in [0.15, 0.2) is 42.9 Å². The van der Waals surface area contributed by atoms with E-state index < -0.39 is 0 Å². The minimum absolute atomic E-state index is 0.0907. The van der Waals surface area contributed by atoms with Gasteiger partial charge in [-0.3, -0.25) is 14.8 Å². The first kappa shape index (κ1) is 17.5. The molecule has 0 radical (unpaired) electrons. The third-order valence-electron chi connectivity index (χ3n) is 3.97. The van der Waals surface area contributed by atoms with E-state index in [9.17, 15) is 10.1 Å². The summed E-state index contributed by atoms with van der Waals surface area (Å²) >= 11 is 0. The van der Waals surface area contributed by atoms with Crippen molar-refractivity contribution < 1.29 is 4.92 Å². The lowest BCUT2D eigenvalue weighted by Gasteiger charge is -2.06. The summed E-state index contributed by atoms with van der Waals surface area (Å²) in [4.78, 5) is 19.7. The SMILES string of the molecule is CC(C)c1ccc(/C=C/c2nccc(-c3cnn(C)c3)n2)cc1[N+](=O)[O-]. The lowest BCUT2D eigenvalue weighted by molar-refractivity contribution is -0.385. The van der Waals surface area contributed by atoms with Crippen LogP contribution in [0.2, 0.25) is 0 Å². The summed E-state index contributed by atoms with van der Waals surface area (Å²) in [5, 5.41) is 15.4. The molecule has 0 spiro atoms. The van der Waals surface area contributed by atoms with Gasteiger partial charge in [-0.15, -0.1) is 0 Å². The summed E-state index contributed by atoms with van der Waals surface area (Å²) in [6.07, 6.45) is 8.82. The second-order valence-corrected chi connectivity index (χ2v) is 6.27. The number of aryl methyl sites for hydroxylation is 1. The van der Waals surface area contributed by atoms with Gasteiger partial charge in [0.2, 0.25) is 0 Å². The van der Waals surface area contributed by atoms with E-state index in [4.69, 9.17) is 0 Å². The van der Waals surface area contributed by atoms with E-state index in [1.807, 2.05) is 39.2 Å². The molecule has 0 aliphatic rings. The molecule has 0 fully saturated rings. The molecule has 0 bridgehead atoms. The zero-order chi connectivity index (χ0) is 18.7. The molecule has 132 valence electrons. The van der Waals surface area contributed by atoms with Crippen LogP contribution in [0.5, 0.6) is 0 Å². The van der Waals surface area contributed by atoms with Gasteiger partial charge in [0, 0.05) is 36.6 Å². The molecular formula is C19H19N5O2. The van der Waals surface area contributed by atoms with Gasteiger partial charge in [-0.1, -0.05) is 32.1 Å². The number of hydrogen-bond donors (Lipinski definition) is 0. The van der Waals surface area contributed by atoms with E-state index in [2.05, 4.69) is 15.1 Å². The van der Waals surface area contributed by atoms with Crippen LogP contribution >= 0.6 is 0 Å². The largest absolute Gasteiger partial charge is 0.275 e. The maximum atomic E-state index is 11.3. The Labute approximate surface area is 151 Å². The van der Waals surface area contributed by atoms with Crippen LogP contribution in [-0.2, 0) is 7.05 Å². The molecule has 26 heavy (non-hydrogen) atoms. The number of aromatic nitrogens is 4. The monoisotopic (exact) mass is 349 g/mol. The normalized spacial score (nSPS) is 11.4. The maximum Gasteiger partial charge on any atom is 0.273 e. The number of nitro benzene ring substituents is 1. The Morgan fingerprint density at radius 2 is 2.04 bits per heavy atom. The molecule has 0 aliphatic heterocycles. The van der Waals surface area contributed by atoms with Crippen molar-refractivity contribution in [1.82, 2.24) is 19.7 Å². The van der Waals surface area contributed by atoms with Gasteiger partial charge in [-0.05, 0) is 23.6 Å². The van der Waals surface area contributed by atoms with Crippen LogP contribution in [0.25, 0.3) is 23.4 Å². The summed E-state index contributed by atoms with van der Waals surface area (Å²) in [6.45, 7) is 3.88. The zero-order valence-corrected chi connectivity index (χ0v) is 14.8. The molecule has 0 unspecified atom stereocenters. The lowest BCUT2D eigenvalue weighted by atomic mass is 9.99. The molecule has 0 saturated heterocycles. The van der Waals surface area contributed by atoms with Crippen molar-refractivity contribution in [1.29, 1.82) is 0 Å². The molecule has 3 aromatic rings. The summed E-state index contributed by atoms with van der Waals surface area (Å²) in [7, 11) is 1.85. The van der Waals surface area contributed by atoms with Gasteiger partial charge in [0.05, 0.1) is 16.8 Å². The van der Waals surface area contributed by atoms with Crippen LogP contribution in [-0.4, -0.2) is 24.7 Å². The Morgan fingerprint density at radius 1 is 1.23 bits per heavy atom. The van der Waals surface area contributed by atoms with Gasteiger partial charge in [-0.25, -0.2) is 9.97 Å². The Morgan fingerprint density at radius 3 is 2.69 bits per heavy atom. The van der Waals surface area contributed by atoms with Crippen molar-refractivity contribution in [3.63, 3.8) is 0 Å². The topological polar surface area (TPSA) is 86.7 Å². The predicted molar refractivity (Wildman–Crippen MR) is 100 cm³/mol. The highest BCUT2D eigenvalue weighted by Crippen LogP contribution is 2.28. The first-order chi connectivity index (χ1) is 12.4. The molecule has 0 aliphatic carbocycles. The fourth-order valence-corrected chi connectivity index (χ4v) is 2.65. The van der Waals surface area contributed by atoms with Crippen molar-refractivity contribution in [3.8, 4) is 11.3 Å². The van der Waals surface area contributed by atoms with Crippen molar-refractivity contribution in [2.75, 3.05) is 0 Å². The van der Waals surface area contributed by atoms with E-state index in [0.717, 1.165) is 22.4 Å². The molecule has 2 aromatic heterocycles. The summed E-state index contributed by atoms with van der Waals surface area (Å²) in [5.74, 6) is 0.620. The fourth-order valence-electron chi connectivity index (χ4n) is 2.65. The highest BCUT2D eigenvalue weighted by atomic mass is 16.6. The molecule has 0 saturated carbocycles. The lowest BCUT2D eigenvalue weighted by Crippen LogP contribution is -1.97. The van der Waals surface area contributed by atoms with Crippen LogP contribution in [0.4, 0.5) is 5.69 Å². The van der Waals surface area contributed by atoms with Gasteiger partial charge in [0.1, 0.15) is 0 Å². The molecule has 7 nitrogen and oxygen atoms in total. The molecule has 3 rings (SSSR count). The predicted octanol–water partition coefficient (Wildman–Crippen LogP) is 4.08. The first-order valence-electron chi connectivity index (χ1n) is 8.22. The van der Waals surface area contributed by atoms with Crippen LogP contribution in [0, 0.1) is 10.1 Å². The minimum atomic E-state index is -0.341. The smallest absolute Gasteiger partial charge is 0.273 e. The Bertz CT molecular complexity index is 976. The Hall–Kier alpha value is -3.35. The number of nitro groups is 1. The average molecular weight is 349 g/mol. The van der Waals surface area contributed by atoms with E-state index >= 15 is 0 Å². The Kier molecular flexibility index (Phi) is 4.88.